The minimum Gasteiger partial charge on any atom is -0.469 e. The van der Waals surface area contributed by atoms with E-state index in [0.29, 0.717) is 32.4 Å². The van der Waals surface area contributed by atoms with Gasteiger partial charge in [0.2, 0.25) is 5.91 Å². The molecular weight excluding hydrogens is 384 g/mol. The molecule has 0 aliphatic carbocycles. The van der Waals surface area contributed by atoms with Crippen LogP contribution in [-0.2, 0) is 25.5 Å². The van der Waals surface area contributed by atoms with E-state index >= 15 is 0 Å². The topological polar surface area (TPSA) is 76.2 Å². The summed E-state index contributed by atoms with van der Waals surface area (Å²) in [6.45, 7) is 6.62. The number of amides is 2. The number of piperidine rings is 1. The summed E-state index contributed by atoms with van der Waals surface area (Å²) in [5, 5.41) is 0. The molecule has 7 heteroatoms. The molecule has 2 rings (SSSR count). The normalized spacial score (nSPS) is 16.0. The number of carbonyl (C=O) groups is 3. The summed E-state index contributed by atoms with van der Waals surface area (Å²) >= 11 is 0. The SMILES string of the molecule is COC(=O)[C@H](CC(=O)N1CCC(N(C)C(=O)OC(C)(C)C)CC1)Cc1ccccc1. The van der Waals surface area contributed by atoms with Gasteiger partial charge in [-0.1, -0.05) is 30.3 Å². The highest BCUT2D eigenvalue weighted by Gasteiger charge is 2.32. The molecule has 1 saturated heterocycles. The molecule has 1 heterocycles. The molecule has 1 aromatic rings. The third kappa shape index (κ3) is 7.04. The van der Waals surface area contributed by atoms with E-state index in [1.54, 1.807) is 16.8 Å². The fourth-order valence-electron chi connectivity index (χ4n) is 3.63. The van der Waals surface area contributed by atoms with Crippen molar-refractivity contribution in [2.45, 2.75) is 58.1 Å². The molecule has 0 N–H and O–H groups in total. The standard InChI is InChI=1S/C23H34N2O5/c1-23(2,3)30-22(28)24(4)19-11-13-25(14-12-19)20(26)16-18(21(27)29-5)15-17-9-7-6-8-10-17/h6-10,18-19H,11-16H2,1-5H3/t18-/m0/s1. The Labute approximate surface area is 179 Å². The Balaban J connectivity index is 1.90. The number of nitrogens with zero attached hydrogens (tertiary/aromatic N) is 2. The Morgan fingerprint density at radius 1 is 1.13 bits per heavy atom. The smallest absolute Gasteiger partial charge is 0.410 e. The van der Waals surface area contributed by atoms with Crippen molar-refractivity contribution in [1.82, 2.24) is 9.80 Å². The predicted molar refractivity (Wildman–Crippen MR) is 114 cm³/mol. The lowest BCUT2D eigenvalue weighted by atomic mass is 9.95. The average molecular weight is 419 g/mol. The van der Waals surface area contributed by atoms with Gasteiger partial charge in [0.05, 0.1) is 13.0 Å². The third-order valence-electron chi connectivity index (χ3n) is 5.33. The van der Waals surface area contributed by atoms with Crippen molar-refractivity contribution >= 4 is 18.0 Å². The van der Waals surface area contributed by atoms with E-state index in [2.05, 4.69) is 0 Å². The summed E-state index contributed by atoms with van der Waals surface area (Å²) in [6.07, 6.45) is 1.61. The molecular formula is C23H34N2O5. The number of ether oxygens (including phenoxy) is 2. The highest BCUT2D eigenvalue weighted by molar-refractivity contribution is 5.83. The molecule has 1 atom stereocenters. The molecule has 1 aliphatic heterocycles. The molecule has 1 fully saturated rings. The zero-order valence-corrected chi connectivity index (χ0v) is 18.7. The quantitative estimate of drug-likeness (QED) is 0.663. The Kier molecular flexibility index (Phi) is 8.26. The number of methoxy groups -OCH3 is 1. The van der Waals surface area contributed by atoms with Crippen LogP contribution in [0.5, 0.6) is 0 Å². The molecule has 0 radical (unpaired) electrons. The highest BCUT2D eigenvalue weighted by Crippen LogP contribution is 2.21. The predicted octanol–water partition coefficient (Wildman–Crippen LogP) is 3.27. The first-order valence-corrected chi connectivity index (χ1v) is 10.5. The van der Waals surface area contributed by atoms with E-state index in [1.807, 2.05) is 51.1 Å². The fourth-order valence-corrected chi connectivity index (χ4v) is 3.63. The van der Waals surface area contributed by atoms with Crippen LogP contribution in [0.3, 0.4) is 0 Å². The number of hydrogen-bond donors (Lipinski definition) is 0. The molecule has 30 heavy (non-hydrogen) atoms. The minimum atomic E-state index is -0.538. The molecule has 0 spiro atoms. The second-order valence-electron chi connectivity index (χ2n) is 8.82. The molecule has 0 saturated carbocycles. The first-order valence-electron chi connectivity index (χ1n) is 10.5. The second kappa shape index (κ2) is 10.5. The minimum absolute atomic E-state index is 0.0321. The van der Waals surface area contributed by atoms with E-state index in [4.69, 9.17) is 9.47 Å². The zero-order valence-electron chi connectivity index (χ0n) is 18.7. The zero-order chi connectivity index (χ0) is 22.3. The van der Waals surface area contributed by atoms with E-state index in [0.717, 1.165) is 5.56 Å². The van der Waals surface area contributed by atoms with Gasteiger partial charge in [0.25, 0.3) is 0 Å². The summed E-state index contributed by atoms with van der Waals surface area (Å²) in [5.41, 5.74) is 0.460. The molecule has 7 nitrogen and oxygen atoms in total. The lowest BCUT2D eigenvalue weighted by molar-refractivity contribution is -0.149. The average Bonchev–Trinajstić information content (AvgIpc) is 2.71. The maximum absolute atomic E-state index is 12.8. The van der Waals surface area contributed by atoms with Gasteiger partial charge in [-0.15, -0.1) is 0 Å². The Morgan fingerprint density at radius 2 is 1.73 bits per heavy atom. The van der Waals surface area contributed by atoms with Gasteiger partial charge < -0.3 is 19.3 Å². The van der Waals surface area contributed by atoms with Crippen LogP contribution in [0.1, 0.15) is 45.6 Å². The van der Waals surface area contributed by atoms with Crippen LogP contribution >= 0.6 is 0 Å². The summed E-state index contributed by atoms with van der Waals surface area (Å²) < 4.78 is 10.3. The summed E-state index contributed by atoms with van der Waals surface area (Å²) in [5.74, 6) is -0.932. The van der Waals surface area contributed by atoms with Gasteiger partial charge in [-0.25, -0.2) is 4.79 Å². The molecule has 166 valence electrons. The van der Waals surface area contributed by atoms with Crippen molar-refractivity contribution in [3.8, 4) is 0 Å². The van der Waals surface area contributed by atoms with Crippen LogP contribution in [0.2, 0.25) is 0 Å². The van der Waals surface area contributed by atoms with Crippen LogP contribution in [0, 0.1) is 5.92 Å². The van der Waals surface area contributed by atoms with Gasteiger partial charge in [0, 0.05) is 32.6 Å². The van der Waals surface area contributed by atoms with Crippen LogP contribution in [0.25, 0.3) is 0 Å². The Bertz CT molecular complexity index is 721. The number of benzene rings is 1. The van der Waals surface area contributed by atoms with E-state index in [-0.39, 0.29) is 30.4 Å². The summed E-state index contributed by atoms with van der Waals surface area (Å²) in [7, 11) is 3.09. The van der Waals surface area contributed by atoms with Crippen molar-refractivity contribution in [2.75, 3.05) is 27.2 Å². The lowest BCUT2D eigenvalue weighted by Gasteiger charge is -2.37. The van der Waals surface area contributed by atoms with Crippen LogP contribution < -0.4 is 0 Å². The largest absolute Gasteiger partial charge is 0.469 e. The molecule has 0 bridgehead atoms. The van der Waals surface area contributed by atoms with Gasteiger partial charge in [0.1, 0.15) is 5.60 Å². The maximum Gasteiger partial charge on any atom is 0.410 e. The van der Waals surface area contributed by atoms with Crippen molar-refractivity contribution in [2.24, 2.45) is 5.92 Å². The fraction of sp³-hybridized carbons (Fsp3) is 0.609. The van der Waals surface area contributed by atoms with Gasteiger partial charge in [-0.3, -0.25) is 9.59 Å². The summed E-state index contributed by atoms with van der Waals surface area (Å²) in [4.78, 5) is 40.7. The lowest BCUT2D eigenvalue weighted by Crippen LogP contribution is -2.48. The van der Waals surface area contributed by atoms with Crippen molar-refractivity contribution in [1.29, 1.82) is 0 Å². The monoisotopic (exact) mass is 418 g/mol. The third-order valence-corrected chi connectivity index (χ3v) is 5.33. The van der Waals surface area contributed by atoms with Crippen molar-refractivity contribution < 1.29 is 23.9 Å². The van der Waals surface area contributed by atoms with Gasteiger partial charge in [-0.2, -0.15) is 0 Å². The number of likely N-dealkylation sites (tertiary alicyclic amines) is 1. The molecule has 2 amide bonds. The van der Waals surface area contributed by atoms with Crippen molar-refractivity contribution in [3.63, 3.8) is 0 Å². The second-order valence-corrected chi connectivity index (χ2v) is 8.82. The first-order chi connectivity index (χ1) is 14.1. The van der Waals surface area contributed by atoms with Crippen LogP contribution in [0.15, 0.2) is 30.3 Å². The number of rotatable bonds is 6. The molecule has 0 unspecified atom stereocenters. The first kappa shape index (κ1) is 23.7. The Morgan fingerprint density at radius 3 is 2.27 bits per heavy atom. The van der Waals surface area contributed by atoms with E-state index < -0.39 is 11.5 Å². The maximum atomic E-state index is 12.8. The number of esters is 1. The van der Waals surface area contributed by atoms with E-state index in [1.165, 1.54) is 7.11 Å². The summed E-state index contributed by atoms with van der Waals surface area (Å²) in [6, 6.07) is 9.66. The molecule has 1 aromatic carbocycles. The Hall–Kier alpha value is -2.57. The van der Waals surface area contributed by atoms with Crippen LogP contribution in [-0.4, -0.2) is 66.7 Å². The molecule has 0 aromatic heterocycles. The van der Waals surface area contributed by atoms with E-state index in [9.17, 15) is 14.4 Å². The molecule has 1 aliphatic rings. The highest BCUT2D eigenvalue weighted by atomic mass is 16.6. The van der Waals surface area contributed by atoms with Crippen molar-refractivity contribution in [3.05, 3.63) is 35.9 Å². The van der Waals surface area contributed by atoms with Crippen LogP contribution in [0.4, 0.5) is 4.79 Å². The van der Waals surface area contributed by atoms with Gasteiger partial charge >= 0.3 is 12.1 Å². The number of hydrogen-bond acceptors (Lipinski definition) is 5. The number of carbonyl (C=O) groups excluding carboxylic acids is 3. The van der Waals surface area contributed by atoms with Gasteiger partial charge in [0.15, 0.2) is 0 Å². The van der Waals surface area contributed by atoms with Gasteiger partial charge in [-0.05, 0) is 45.6 Å².